The van der Waals surface area contributed by atoms with Gasteiger partial charge in [-0.3, -0.25) is 10.1 Å². The minimum atomic E-state index is -3.78. The zero-order chi connectivity index (χ0) is 23.9. The lowest BCUT2D eigenvalue weighted by molar-refractivity contribution is -0.384. The van der Waals surface area contributed by atoms with Gasteiger partial charge in [-0.1, -0.05) is 12.1 Å². The van der Waals surface area contributed by atoms with E-state index in [2.05, 4.69) is 9.88 Å². The monoisotopic (exact) mass is 485 g/mol. The fourth-order valence-electron chi connectivity index (χ4n) is 4.69. The molecule has 0 atom stereocenters. The van der Waals surface area contributed by atoms with E-state index in [0.29, 0.717) is 50.8 Å². The third-order valence-corrected chi connectivity index (χ3v) is 8.63. The summed E-state index contributed by atoms with van der Waals surface area (Å²) in [5.74, 6) is 0.837. The Morgan fingerprint density at radius 3 is 2.41 bits per heavy atom. The summed E-state index contributed by atoms with van der Waals surface area (Å²) >= 11 is 0. The van der Waals surface area contributed by atoms with Crippen molar-refractivity contribution in [3.8, 4) is 0 Å². The van der Waals surface area contributed by atoms with Crippen molar-refractivity contribution in [3.63, 3.8) is 0 Å². The van der Waals surface area contributed by atoms with Crippen LogP contribution >= 0.6 is 0 Å². The average molecular weight is 486 g/mol. The van der Waals surface area contributed by atoms with Crippen molar-refractivity contribution >= 4 is 32.5 Å². The number of piperazine rings is 1. The van der Waals surface area contributed by atoms with Gasteiger partial charge in [-0.05, 0) is 44.2 Å². The quantitative estimate of drug-likeness (QED) is 0.400. The van der Waals surface area contributed by atoms with Crippen LogP contribution in [-0.4, -0.2) is 73.8 Å². The lowest BCUT2D eigenvalue weighted by atomic mass is 9.96. The number of nitro benzene ring substituents is 1. The van der Waals surface area contributed by atoms with Crippen molar-refractivity contribution < 1.29 is 17.8 Å². The van der Waals surface area contributed by atoms with Gasteiger partial charge in [0, 0.05) is 51.3 Å². The average Bonchev–Trinajstić information content (AvgIpc) is 3.28. The Balaban J connectivity index is 1.34. The number of hydrogen-bond acceptors (Lipinski definition) is 8. The second-order valence-corrected chi connectivity index (χ2v) is 10.8. The standard InChI is InChI=1S/C23H27N5O5S/c1-25-12-14-27(15-13-25)34(31,32)18-6-7-20(21(16-18)28(29)30)26-10-8-17(9-11-26)23-24-19-4-2-3-5-22(19)33-23/h2-7,16-17H,8-15H2,1H3. The van der Waals surface area contributed by atoms with Crippen LogP contribution < -0.4 is 4.90 Å². The van der Waals surface area contributed by atoms with Crippen molar-refractivity contribution in [1.82, 2.24) is 14.2 Å². The minimum Gasteiger partial charge on any atom is -0.440 e. The molecule has 3 aromatic rings. The number of aromatic nitrogens is 1. The van der Waals surface area contributed by atoms with Crippen LogP contribution in [0.2, 0.25) is 0 Å². The molecule has 0 N–H and O–H groups in total. The minimum absolute atomic E-state index is 0.0335. The topological polar surface area (TPSA) is 113 Å². The van der Waals surface area contributed by atoms with Gasteiger partial charge >= 0.3 is 0 Å². The summed E-state index contributed by atoms with van der Waals surface area (Å²) in [7, 11) is -1.84. The molecule has 0 bridgehead atoms. The number of oxazole rings is 1. The number of rotatable bonds is 5. The van der Waals surface area contributed by atoms with E-state index in [1.54, 1.807) is 6.07 Å². The molecule has 2 aromatic carbocycles. The highest BCUT2D eigenvalue weighted by molar-refractivity contribution is 7.89. The third-order valence-electron chi connectivity index (χ3n) is 6.74. The van der Waals surface area contributed by atoms with E-state index in [4.69, 9.17) is 4.42 Å². The van der Waals surface area contributed by atoms with Crippen LogP contribution in [0.3, 0.4) is 0 Å². The summed E-state index contributed by atoms with van der Waals surface area (Å²) in [5, 5.41) is 11.9. The Morgan fingerprint density at radius 2 is 1.74 bits per heavy atom. The molecule has 5 rings (SSSR count). The van der Waals surface area contributed by atoms with E-state index >= 15 is 0 Å². The van der Waals surface area contributed by atoms with Crippen molar-refractivity contribution in [2.45, 2.75) is 23.7 Å². The van der Waals surface area contributed by atoms with Crippen molar-refractivity contribution in [1.29, 1.82) is 0 Å². The van der Waals surface area contributed by atoms with Crippen LogP contribution in [0.5, 0.6) is 0 Å². The number of likely N-dealkylation sites (N-methyl/N-ethyl adjacent to an activating group) is 1. The number of para-hydroxylation sites is 2. The third kappa shape index (κ3) is 4.26. The van der Waals surface area contributed by atoms with Crippen LogP contribution in [0.1, 0.15) is 24.7 Å². The molecule has 0 amide bonds. The molecule has 0 radical (unpaired) electrons. The maximum absolute atomic E-state index is 13.1. The summed E-state index contributed by atoms with van der Waals surface area (Å²) in [6.45, 7) is 3.20. The Hall–Kier alpha value is -3.02. The van der Waals surface area contributed by atoms with Crippen LogP contribution in [0.25, 0.3) is 11.1 Å². The highest BCUT2D eigenvalue weighted by Crippen LogP contribution is 2.37. The molecule has 34 heavy (non-hydrogen) atoms. The smallest absolute Gasteiger partial charge is 0.293 e. The molecule has 2 fully saturated rings. The summed E-state index contributed by atoms with van der Waals surface area (Å²) in [6, 6.07) is 11.9. The van der Waals surface area contributed by atoms with Gasteiger partial charge in [0.2, 0.25) is 10.0 Å². The molecule has 0 aliphatic carbocycles. The second-order valence-electron chi connectivity index (χ2n) is 8.90. The second kappa shape index (κ2) is 8.97. The van der Waals surface area contributed by atoms with Gasteiger partial charge in [0.25, 0.3) is 5.69 Å². The van der Waals surface area contributed by atoms with Crippen LogP contribution in [0.15, 0.2) is 51.8 Å². The first-order chi connectivity index (χ1) is 16.3. The van der Waals surface area contributed by atoms with Gasteiger partial charge in [-0.25, -0.2) is 13.4 Å². The highest BCUT2D eigenvalue weighted by atomic mass is 32.2. The van der Waals surface area contributed by atoms with E-state index in [0.717, 1.165) is 23.9 Å². The number of piperidine rings is 1. The molecule has 10 nitrogen and oxygen atoms in total. The Labute approximate surface area is 198 Å². The summed E-state index contributed by atoms with van der Waals surface area (Å²) in [5.41, 5.74) is 1.84. The van der Waals surface area contributed by atoms with Gasteiger partial charge in [0.1, 0.15) is 11.2 Å². The molecular formula is C23H27N5O5S. The molecule has 3 heterocycles. The van der Waals surface area contributed by atoms with E-state index < -0.39 is 14.9 Å². The predicted molar refractivity (Wildman–Crippen MR) is 128 cm³/mol. The summed E-state index contributed by atoms with van der Waals surface area (Å²) in [4.78, 5) is 20.0. The number of nitrogens with zero attached hydrogens (tertiary/aromatic N) is 5. The summed E-state index contributed by atoms with van der Waals surface area (Å²) < 4.78 is 33.5. The molecular weight excluding hydrogens is 458 g/mol. The van der Waals surface area contributed by atoms with E-state index in [9.17, 15) is 18.5 Å². The van der Waals surface area contributed by atoms with Crippen molar-refractivity contribution in [2.75, 3.05) is 51.2 Å². The van der Waals surface area contributed by atoms with Gasteiger partial charge in [0.05, 0.1) is 9.82 Å². The van der Waals surface area contributed by atoms with Crippen LogP contribution in [0.4, 0.5) is 11.4 Å². The van der Waals surface area contributed by atoms with Gasteiger partial charge < -0.3 is 14.2 Å². The molecule has 2 aliphatic heterocycles. The van der Waals surface area contributed by atoms with Gasteiger partial charge in [-0.15, -0.1) is 0 Å². The number of anilines is 1. The number of sulfonamides is 1. The number of benzene rings is 2. The molecule has 0 spiro atoms. The lowest BCUT2D eigenvalue weighted by Gasteiger charge is -2.33. The molecule has 2 saturated heterocycles. The number of fused-ring (bicyclic) bond motifs is 1. The Morgan fingerprint density at radius 1 is 1.03 bits per heavy atom. The summed E-state index contributed by atoms with van der Waals surface area (Å²) in [6.07, 6.45) is 1.48. The first-order valence-corrected chi connectivity index (χ1v) is 12.8. The van der Waals surface area contributed by atoms with Gasteiger partial charge in [0.15, 0.2) is 11.5 Å². The maximum Gasteiger partial charge on any atom is 0.293 e. The van der Waals surface area contributed by atoms with Crippen LogP contribution in [0, 0.1) is 10.1 Å². The molecule has 180 valence electrons. The first kappa shape index (κ1) is 22.8. The Kier molecular flexibility index (Phi) is 6.00. The molecule has 2 aliphatic rings. The molecule has 1 aromatic heterocycles. The normalized spacial score (nSPS) is 19.0. The fraction of sp³-hybridized carbons (Fsp3) is 0.435. The molecule has 11 heteroatoms. The highest BCUT2D eigenvalue weighted by Gasteiger charge is 2.32. The van der Waals surface area contributed by atoms with E-state index in [-0.39, 0.29) is 16.5 Å². The van der Waals surface area contributed by atoms with E-state index in [1.165, 1.54) is 16.4 Å². The van der Waals surface area contributed by atoms with Crippen molar-refractivity contribution in [3.05, 3.63) is 58.5 Å². The zero-order valence-corrected chi connectivity index (χ0v) is 19.8. The molecule has 0 unspecified atom stereocenters. The Bertz CT molecular complexity index is 1280. The number of nitro groups is 1. The van der Waals surface area contributed by atoms with Crippen LogP contribution in [-0.2, 0) is 10.0 Å². The predicted octanol–water partition coefficient (Wildman–Crippen LogP) is 3.06. The van der Waals surface area contributed by atoms with Gasteiger partial charge in [-0.2, -0.15) is 4.31 Å². The van der Waals surface area contributed by atoms with Crippen molar-refractivity contribution in [2.24, 2.45) is 0 Å². The maximum atomic E-state index is 13.1. The SMILES string of the molecule is CN1CCN(S(=O)(=O)c2ccc(N3CCC(c4nc5ccccc5o4)CC3)c([N+](=O)[O-])c2)CC1. The van der Waals surface area contributed by atoms with E-state index in [1.807, 2.05) is 36.2 Å². The largest absolute Gasteiger partial charge is 0.440 e. The fourth-order valence-corrected chi connectivity index (χ4v) is 6.13. The number of hydrogen-bond donors (Lipinski definition) is 0. The molecule has 0 saturated carbocycles. The first-order valence-electron chi connectivity index (χ1n) is 11.4. The zero-order valence-electron chi connectivity index (χ0n) is 19.0. The lowest BCUT2D eigenvalue weighted by Crippen LogP contribution is -2.47.